The van der Waals surface area contributed by atoms with Crippen molar-refractivity contribution in [2.45, 2.75) is 16.7 Å². The number of aromatic amines is 1. The molecule has 0 spiro atoms. The highest BCUT2D eigenvalue weighted by Gasteiger charge is 2.21. The number of anilines is 1. The molecule has 2 heterocycles. The molecule has 0 radical (unpaired) electrons. The number of H-pyrrole nitrogens is 1. The van der Waals surface area contributed by atoms with E-state index in [1.165, 1.54) is 11.3 Å². The number of fused-ring (bicyclic) bond motifs is 1. The van der Waals surface area contributed by atoms with Crippen molar-refractivity contribution in [2.75, 3.05) is 12.4 Å². The van der Waals surface area contributed by atoms with E-state index in [1.807, 2.05) is 36.4 Å². The van der Waals surface area contributed by atoms with Gasteiger partial charge in [-0.05, 0) is 47.2 Å². The van der Waals surface area contributed by atoms with Gasteiger partial charge in [-0.3, -0.25) is 10.1 Å². The third-order valence-electron chi connectivity index (χ3n) is 3.94. The van der Waals surface area contributed by atoms with Crippen LogP contribution >= 0.6 is 23.1 Å². The number of rotatable bonds is 5. The summed E-state index contributed by atoms with van der Waals surface area (Å²) < 4.78 is 6.38. The number of ether oxygens (including phenoxy) is 1. The van der Waals surface area contributed by atoms with E-state index in [1.54, 1.807) is 18.9 Å². The van der Waals surface area contributed by atoms with E-state index in [9.17, 15) is 4.79 Å². The van der Waals surface area contributed by atoms with Crippen molar-refractivity contribution in [1.82, 2.24) is 20.6 Å². The second kappa shape index (κ2) is 7.37. The highest BCUT2D eigenvalue weighted by atomic mass is 32.2. The van der Waals surface area contributed by atoms with Gasteiger partial charge in [0.2, 0.25) is 5.95 Å². The average Bonchev–Trinajstić information content (AvgIpc) is 3.31. The van der Waals surface area contributed by atoms with E-state index < -0.39 is 0 Å². The number of nitrogens with one attached hydrogen (secondary N) is 2. The summed E-state index contributed by atoms with van der Waals surface area (Å²) in [5.41, 5.74) is 1.15. The molecule has 2 N–H and O–H groups in total. The Morgan fingerprint density at radius 1 is 1.26 bits per heavy atom. The van der Waals surface area contributed by atoms with Crippen LogP contribution in [0.1, 0.15) is 15.2 Å². The van der Waals surface area contributed by atoms with Crippen LogP contribution in [0, 0.1) is 6.92 Å². The average molecular weight is 397 g/mol. The third-order valence-corrected chi connectivity index (χ3v) is 6.54. The van der Waals surface area contributed by atoms with Gasteiger partial charge in [-0.25, -0.2) is 5.10 Å². The largest absolute Gasteiger partial charge is 0.497 e. The second-order valence-electron chi connectivity index (χ2n) is 5.69. The summed E-state index contributed by atoms with van der Waals surface area (Å²) in [5.74, 6) is 0.699. The number of carbonyl (C=O) groups is 1. The van der Waals surface area contributed by atoms with Crippen molar-refractivity contribution in [1.29, 1.82) is 0 Å². The number of tetrazole rings is 1. The van der Waals surface area contributed by atoms with Crippen molar-refractivity contribution < 1.29 is 9.53 Å². The second-order valence-corrected chi connectivity index (χ2v) is 7.80. The summed E-state index contributed by atoms with van der Waals surface area (Å²) in [7, 11) is 1.63. The van der Waals surface area contributed by atoms with Crippen molar-refractivity contribution in [2.24, 2.45) is 0 Å². The monoisotopic (exact) mass is 397 g/mol. The fourth-order valence-corrected chi connectivity index (χ4v) is 4.94. The van der Waals surface area contributed by atoms with Gasteiger partial charge < -0.3 is 4.74 Å². The predicted molar refractivity (Wildman–Crippen MR) is 106 cm³/mol. The normalized spacial score (nSPS) is 10.9. The Morgan fingerprint density at radius 3 is 2.85 bits per heavy atom. The SMILES string of the molecule is COc1ccc2sc(C(=O)Nc3nnn[nH]3)c(Sc3ccccc3C)c2c1. The maximum atomic E-state index is 12.9. The zero-order chi connectivity index (χ0) is 18.8. The number of hydrogen-bond donors (Lipinski definition) is 2. The Balaban J connectivity index is 1.81. The number of aromatic nitrogens is 4. The molecule has 2 aromatic heterocycles. The van der Waals surface area contributed by atoms with E-state index in [4.69, 9.17) is 4.74 Å². The first-order chi connectivity index (χ1) is 13.2. The van der Waals surface area contributed by atoms with Crippen LogP contribution in [0.4, 0.5) is 5.95 Å². The Morgan fingerprint density at radius 2 is 2.11 bits per heavy atom. The summed E-state index contributed by atoms with van der Waals surface area (Å²) in [6.07, 6.45) is 0. The summed E-state index contributed by atoms with van der Waals surface area (Å²) in [6.45, 7) is 2.05. The van der Waals surface area contributed by atoms with Gasteiger partial charge in [-0.2, -0.15) is 0 Å². The molecule has 0 unspecified atom stereocenters. The lowest BCUT2D eigenvalue weighted by Crippen LogP contribution is -2.12. The van der Waals surface area contributed by atoms with Gasteiger partial charge in [-0.15, -0.1) is 11.3 Å². The van der Waals surface area contributed by atoms with E-state index in [0.29, 0.717) is 4.88 Å². The molecule has 4 rings (SSSR count). The van der Waals surface area contributed by atoms with Crippen molar-refractivity contribution >= 4 is 45.0 Å². The Kier molecular flexibility index (Phi) is 4.78. The van der Waals surface area contributed by atoms with Crippen molar-refractivity contribution in [3.8, 4) is 5.75 Å². The summed E-state index contributed by atoms with van der Waals surface area (Å²) >= 11 is 3.00. The molecule has 136 valence electrons. The Bertz CT molecular complexity index is 1110. The number of nitrogens with zero attached hydrogens (tertiary/aromatic N) is 3. The minimum absolute atomic E-state index is 0.210. The van der Waals surface area contributed by atoms with Crippen LogP contribution in [-0.2, 0) is 0 Å². The number of methoxy groups -OCH3 is 1. The predicted octanol–water partition coefficient (Wildman–Crippen LogP) is 4.13. The number of benzene rings is 2. The zero-order valence-corrected chi connectivity index (χ0v) is 16.1. The van der Waals surface area contributed by atoms with E-state index >= 15 is 0 Å². The van der Waals surface area contributed by atoms with Crippen molar-refractivity contribution in [3.63, 3.8) is 0 Å². The Hall–Kier alpha value is -2.91. The number of hydrogen-bond acceptors (Lipinski definition) is 7. The maximum Gasteiger partial charge on any atom is 0.269 e. The van der Waals surface area contributed by atoms with Crippen LogP contribution in [0.5, 0.6) is 5.75 Å². The van der Waals surface area contributed by atoms with Gasteiger partial charge in [0.05, 0.1) is 7.11 Å². The number of thiophene rings is 1. The summed E-state index contributed by atoms with van der Waals surface area (Å²) in [4.78, 5) is 15.4. The molecule has 0 fully saturated rings. The van der Waals surface area contributed by atoms with Crippen LogP contribution in [-0.4, -0.2) is 33.6 Å². The molecule has 0 bridgehead atoms. The molecule has 0 aliphatic carbocycles. The molecule has 9 heteroatoms. The van der Waals surface area contributed by atoms with Crippen molar-refractivity contribution in [3.05, 3.63) is 52.9 Å². The molecule has 0 saturated heterocycles. The van der Waals surface area contributed by atoms with Gasteiger partial charge in [-0.1, -0.05) is 35.1 Å². The highest BCUT2D eigenvalue weighted by Crippen LogP contribution is 2.43. The lowest BCUT2D eigenvalue weighted by Gasteiger charge is -2.07. The van der Waals surface area contributed by atoms with Gasteiger partial charge in [0.25, 0.3) is 5.91 Å². The molecule has 2 aromatic carbocycles. The molecule has 27 heavy (non-hydrogen) atoms. The molecule has 4 aromatic rings. The van der Waals surface area contributed by atoms with Gasteiger partial charge in [0.15, 0.2) is 0 Å². The van der Waals surface area contributed by atoms with Crippen LogP contribution in [0.25, 0.3) is 10.1 Å². The first-order valence-electron chi connectivity index (χ1n) is 8.05. The molecule has 0 saturated carbocycles. The molecule has 0 atom stereocenters. The smallest absolute Gasteiger partial charge is 0.269 e. The lowest BCUT2D eigenvalue weighted by molar-refractivity contribution is 0.102. The minimum atomic E-state index is -0.259. The zero-order valence-electron chi connectivity index (χ0n) is 14.5. The molecule has 1 amide bonds. The first-order valence-corrected chi connectivity index (χ1v) is 9.68. The number of amides is 1. The van der Waals surface area contributed by atoms with E-state index in [0.717, 1.165) is 31.2 Å². The third kappa shape index (κ3) is 3.51. The Labute approximate surface area is 163 Å². The molecule has 0 aliphatic heterocycles. The molecular formula is C18H15N5O2S2. The maximum absolute atomic E-state index is 12.9. The summed E-state index contributed by atoms with van der Waals surface area (Å²) in [6, 6.07) is 13.9. The lowest BCUT2D eigenvalue weighted by atomic mass is 10.2. The quantitative estimate of drug-likeness (QED) is 0.526. The number of carbonyl (C=O) groups excluding carboxylic acids is 1. The minimum Gasteiger partial charge on any atom is -0.497 e. The van der Waals surface area contributed by atoms with Crippen LogP contribution in [0.2, 0.25) is 0 Å². The van der Waals surface area contributed by atoms with E-state index in [2.05, 4.69) is 38.9 Å². The van der Waals surface area contributed by atoms with Crippen LogP contribution < -0.4 is 10.1 Å². The van der Waals surface area contributed by atoms with E-state index in [-0.39, 0.29) is 11.9 Å². The number of aryl methyl sites for hydroxylation is 1. The van der Waals surface area contributed by atoms with Crippen LogP contribution in [0.3, 0.4) is 0 Å². The fourth-order valence-electron chi connectivity index (χ4n) is 2.59. The molecule has 0 aliphatic rings. The topological polar surface area (TPSA) is 92.8 Å². The molecule has 7 nitrogen and oxygen atoms in total. The van der Waals surface area contributed by atoms with Crippen LogP contribution in [0.15, 0.2) is 52.3 Å². The van der Waals surface area contributed by atoms with Gasteiger partial charge >= 0.3 is 0 Å². The first kappa shape index (κ1) is 17.5. The van der Waals surface area contributed by atoms with Gasteiger partial charge in [0, 0.05) is 19.9 Å². The summed E-state index contributed by atoms with van der Waals surface area (Å²) in [5, 5.41) is 16.9. The standard InChI is InChI=1S/C18H15N5O2S2/c1-10-5-3-4-6-13(10)26-15-12-9-11(25-2)7-8-14(12)27-16(15)17(24)19-18-20-22-23-21-18/h3-9H,1-2H3,(H2,19,20,21,22,23,24). The van der Waals surface area contributed by atoms with Gasteiger partial charge in [0.1, 0.15) is 10.6 Å². The fraction of sp³-hybridized carbons (Fsp3) is 0.111. The highest BCUT2D eigenvalue weighted by molar-refractivity contribution is 8.00. The molecular weight excluding hydrogens is 382 g/mol.